The lowest BCUT2D eigenvalue weighted by molar-refractivity contribution is -0.0504. The summed E-state index contributed by atoms with van der Waals surface area (Å²) in [6.07, 6.45) is 0.620. The van der Waals surface area contributed by atoms with Crippen LogP contribution in [0.2, 0.25) is 5.02 Å². The Morgan fingerprint density at radius 3 is 2.81 bits per heavy atom. The molecule has 1 aromatic carbocycles. The number of nitrogens with zero attached hydrogens (tertiary/aromatic N) is 1. The standard InChI is InChI=1S/C16H22ClF2N3O3S/c1-2-20-16(21-8-11-5-6-26(23,24)10-11)22-9-12-7-13(17)3-4-14(12)25-15(18)19/h3-4,7,11,15H,2,5-6,8-10H2,1H3,(H2,20,21,22). The second-order valence-corrected chi connectivity index (χ2v) is 8.64. The molecule has 146 valence electrons. The molecule has 1 atom stereocenters. The summed E-state index contributed by atoms with van der Waals surface area (Å²) >= 11 is 5.92. The van der Waals surface area contributed by atoms with E-state index in [4.69, 9.17) is 11.6 Å². The van der Waals surface area contributed by atoms with Crippen LogP contribution in [0.5, 0.6) is 5.75 Å². The van der Waals surface area contributed by atoms with Crippen LogP contribution in [0.25, 0.3) is 0 Å². The van der Waals surface area contributed by atoms with E-state index >= 15 is 0 Å². The molecule has 0 saturated carbocycles. The fraction of sp³-hybridized carbons (Fsp3) is 0.562. The normalized spacial score (nSPS) is 19.6. The van der Waals surface area contributed by atoms with Crippen molar-refractivity contribution in [3.05, 3.63) is 28.8 Å². The van der Waals surface area contributed by atoms with E-state index in [0.29, 0.717) is 36.1 Å². The molecule has 1 aromatic rings. The maximum absolute atomic E-state index is 12.5. The second kappa shape index (κ2) is 9.36. The highest BCUT2D eigenvalue weighted by Gasteiger charge is 2.27. The van der Waals surface area contributed by atoms with Crippen LogP contribution in [0, 0.1) is 5.92 Å². The van der Waals surface area contributed by atoms with Crippen LogP contribution >= 0.6 is 11.6 Å². The van der Waals surface area contributed by atoms with Crippen LogP contribution in [0.3, 0.4) is 0 Å². The van der Waals surface area contributed by atoms with Gasteiger partial charge in [0.05, 0.1) is 18.1 Å². The Balaban J connectivity index is 2.03. The van der Waals surface area contributed by atoms with Crippen molar-refractivity contribution in [3.8, 4) is 5.75 Å². The first-order valence-corrected chi connectivity index (χ1v) is 10.4. The van der Waals surface area contributed by atoms with Crippen LogP contribution in [-0.2, 0) is 16.4 Å². The van der Waals surface area contributed by atoms with E-state index in [-0.39, 0.29) is 29.7 Å². The maximum atomic E-state index is 12.5. The van der Waals surface area contributed by atoms with Gasteiger partial charge in [0.2, 0.25) is 0 Å². The Labute approximate surface area is 156 Å². The first-order valence-electron chi connectivity index (χ1n) is 8.25. The van der Waals surface area contributed by atoms with Gasteiger partial charge in [-0.2, -0.15) is 8.78 Å². The maximum Gasteiger partial charge on any atom is 0.387 e. The summed E-state index contributed by atoms with van der Waals surface area (Å²) in [5.41, 5.74) is 0.429. The summed E-state index contributed by atoms with van der Waals surface area (Å²) in [5.74, 6) is 0.905. The molecular weight excluding hydrogens is 388 g/mol. The molecule has 2 rings (SSSR count). The third kappa shape index (κ3) is 6.60. The van der Waals surface area contributed by atoms with Gasteiger partial charge in [-0.3, -0.25) is 0 Å². The number of hydrogen-bond donors (Lipinski definition) is 2. The predicted octanol–water partition coefficient (Wildman–Crippen LogP) is 2.43. The van der Waals surface area contributed by atoms with Crippen molar-refractivity contribution in [3.63, 3.8) is 0 Å². The minimum atomic E-state index is -2.94. The molecule has 2 N–H and O–H groups in total. The van der Waals surface area contributed by atoms with Gasteiger partial charge in [0.15, 0.2) is 15.8 Å². The molecule has 10 heteroatoms. The summed E-state index contributed by atoms with van der Waals surface area (Å²) in [5, 5.41) is 6.53. The summed E-state index contributed by atoms with van der Waals surface area (Å²) in [7, 11) is -2.94. The minimum absolute atomic E-state index is 0.0193. The quantitative estimate of drug-likeness (QED) is 0.534. The van der Waals surface area contributed by atoms with Crippen molar-refractivity contribution >= 4 is 27.4 Å². The molecule has 26 heavy (non-hydrogen) atoms. The molecular formula is C16H22ClF2N3O3S. The summed E-state index contributed by atoms with van der Waals surface area (Å²) in [6, 6.07) is 4.37. The van der Waals surface area contributed by atoms with Crippen molar-refractivity contribution < 1.29 is 21.9 Å². The molecule has 0 aromatic heterocycles. The minimum Gasteiger partial charge on any atom is -0.434 e. The average molecular weight is 410 g/mol. The number of sulfone groups is 1. The third-order valence-electron chi connectivity index (χ3n) is 3.88. The Morgan fingerprint density at radius 2 is 2.19 bits per heavy atom. The lowest BCUT2D eigenvalue weighted by atomic mass is 10.1. The number of halogens is 3. The predicted molar refractivity (Wildman–Crippen MR) is 97.7 cm³/mol. The van der Waals surface area contributed by atoms with E-state index in [0.717, 1.165) is 0 Å². The van der Waals surface area contributed by atoms with E-state index in [1.165, 1.54) is 18.2 Å². The smallest absolute Gasteiger partial charge is 0.387 e. The molecule has 1 fully saturated rings. The zero-order valence-corrected chi connectivity index (χ0v) is 15.9. The molecule has 0 aliphatic carbocycles. The van der Waals surface area contributed by atoms with Crippen LogP contribution < -0.4 is 15.4 Å². The number of hydrogen-bond acceptors (Lipinski definition) is 4. The van der Waals surface area contributed by atoms with Gasteiger partial charge in [-0.1, -0.05) is 11.6 Å². The Bertz CT molecular complexity index is 744. The van der Waals surface area contributed by atoms with E-state index in [1.54, 1.807) is 0 Å². The molecule has 1 aliphatic rings. The van der Waals surface area contributed by atoms with Crippen molar-refractivity contribution in [1.29, 1.82) is 0 Å². The Hall–Kier alpha value is -1.61. The van der Waals surface area contributed by atoms with Crippen molar-refractivity contribution in [2.45, 2.75) is 26.5 Å². The number of benzene rings is 1. The van der Waals surface area contributed by atoms with Gasteiger partial charge in [0.25, 0.3) is 0 Å². The fourth-order valence-electron chi connectivity index (χ4n) is 2.66. The topological polar surface area (TPSA) is 79.8 Å². The number of alkyl halides is 2. The van der Waals surface area contributed by atoms with Crippen molar-refractivity contribution in [1.82, 2.24) is 10.6 Å². The van der Waals surface area contributed by atoms with E-state index in [9.17, 15) is 17.2 Å². The van der Waals surface area contributed by atoms with Crippen LogP contribution in [-0.4, -0.2) is 45.6 Å². The van der Waals surface area contributed by atoms with Gasteiger partial charge in [-0.05, 0) is 37.5 Å². The molecule has 1 unspecified atom stereocenters. The molecule has 0 spiro atoms. The van der Waals surface area contributed by atoms with Crippen LogP contribution in [0.1, 0.15) is 18.9 Å². The number of ether oxygens (including phenoxy) is 1. The number of aliphatic imine (C=N–C) groups is 1. The number of guanidine groups is 1. The summed E-state index contributed by atoms with van der Waals surface area (Å²) in [4.78, 5) is 4.35. The van der Waals surface area contributed by atoms with Crippen molar-refractivity contribution in [2.24, 2.45) is 10.9 Å². The van der Waals surface area contributed by atoms with Crippen LogP contribution in [0.4, 0.5) is 8.78 Å². The van der Waals surface area contributed by atoms with Gasteiger partial charge in [-0.25, -0.2) is 13.4 Å². The van der Waals surface area contributed by atoms with Gasteiger partial charge in [0, 0.05) is 23.7 Å². The molecule has 0 radical (unpaired) electrons. The van der Waals surface area contributed by atoms with Crippen molar-refractivity contribution in [2.75, 3.05) is 24.6 Å². The van der Waals surface area contributed by atoms with E-state index in [2.05, 4.69) is 20.4 Å². The fourth-order valence-corrected chi connectivity index (χ4v) is 4.72. The van der Waals surface area contributed by atoms with Gasteiger partial charge < -0.3 is 15.4 Å². The van der Waals surface area contributed by atoms with E-state index in [1.807, 2.05) is 6.92 Å². The molecule has 1 heterocycles. The van der Waals surface area contributed by atoms with Gasteiger partial charge in [0.1, 0.15) is 5.75 Å². The Morgan fingerprint density at radius 1 is 1.42 bits per heavy atom. The zero-order valence-electron chi connectivity index (χ0n) is 14.3. The molecule has 0 bridgehead atoms. The first-order chi connectivity index (χ1) is 12.3. The molecule has 0 amide bonds. The third-order valence-corrected chi connectivity index (χ3v) is 5.95. The monoisotopic (exact) mass is 409 g/mol. The largest absolute Gasteiger partial charge is 0.434 e. The Kier molecular flexibility index (Phi) is 7.45. The van der Waals surface area contributed by atoms with Gasteiger partial charge in [-0.15, -0.1) is 0 Å². The second-order valence-electron chi connectivity index (χ2n) is 5.98. The van der Waals surface area contributed by atoms with Gasteiger partial charge >= 0.3 is 6.61 Å². The number of rotatable bonds is 7. The molecule has 6 nitrogen and oxygen atoms in total. The molecule has 1 saturated heterocycles. The zero-order chi connectivity index (χ0) is 19.2. The molecule has 1 aliphatic heterocycles. The summed E-state index contributed by atoms with van der Waals surface area (Å²) < 4.78 is 52.5. The SMILES string of the molecule is CCNC(=NCc1cc(Cl)ccc1OC(F)F)NCC1CCS(=O)(=O)C1. The van der Waals surface area contributed by atoms with Crippen LogP contribution in [0.15, 0.2) is 23.2 Å². The highest BCUT2D eigenvalue weighted by Crippen LogP contribution is 2.25. The van der Waals surface area contributed by atoms with E-state index < -0.39 is 16.4 Å². The highest BCUT2D eigenvalue weighted by atomic mass is 35.5. The highest BCUT2D eigenvalue weighted by molar-refractivity contribution is 7.91. The lowest BCUT2D eigenvalue weighted by Crippen LogP contribution is -2.40. The lowest BCUT2D eigenvalue weighted by Gasteiger charge is -2.15. The number of nitrogens with one attached hydrogen (secondary N) is 2. The first kappa shape index (κ1) is 20.7. The average Bonchev–Trinajstić information content (AvgIpc) is 2.91. The summed E-state index contributed by atoms with van der Waals surface area (Å²) in [6.45, 7) is 0.115.